The van der Waals surface area contributed by atoms with Crippen LogP contribution < -0.4 is 10.6 Å². The molecule has 1 atom stereocenters. The Bertz CT molecular complexity index is 1260. The van der Waals surface area contributed by atoms with Crippen LogP contribution in [0.4, 0.5) is 5.82 Å². The molecule has 174 valence electrons. The minimum atomic E-state index is -0.267. The Morgan fingerprint density at radius 2 is 2.03 bits per heavy atom. The van der Waals surface area contributed by atoms with Crippen molar-refractivity contribution in [3.8, 4) is 11.4 Å². The minimum absolute atomic E-state index is 0.0850. The first kappa shape index (κ1) is 22.7. The lowest BCUT2D eigenvalue weighted by atomic mass is 10.1. The largest absolute Gasteiger partial charge is 0.385 e. The number of anilines is 1. The van der Waals surface area contributed by atoms with Crippen LogP contribution in [0.2, 0.25) is 0 Å². The van der Waals surface area contributed by atoms with Crippen molar-refractivity contribution in [1.82, 2.24) is 29.8 Å². The molecule has 0 aromatic carbocycles. The number of aromatic amines is 1. The van der Waals surface area contributed by atoms with Crippen molar-refractivity contribution in [3.63, 3.8) is 0 Å². The van der Waals surface area contributed by atoms with Crippen LogP contribution in [0.5, 0.6) is 0 Å². The highest BCUT2D eigenvalue weighted by molar-refractivity contribution is 6.07. The summed E-state index contributed by atoms with van der Waals surface area (Å²) >= 11 is 0. The molecule has 10 heteroatoms. The number of methoxy groups -OCH3 is 2. The second-order valence-electron chi connectivity index (χ2n) is 7.80. The van der Waals surface area contributed by atoms with Crippen LogP contribution >= 0.6 is 0 Å². The van der Waals surface area contributed by atoms with Gasteiger partial charge in [-0.1, -0.05) is 6.07 Å². The average molecular weight is 452 g/mol. The van der Waals surface area contributed by atoms with Gasteiger partial charge in [-0.05, 0) is 24.6 Å². The van der Waals surface area contributed by atoms with E-state index in [1.54, 1.807) is 20.5 Å². The molecule has 0 aliphatic rings. The third kappa shape index (κ3) is 4.67. The van der Waals surface area contributed by atoms with Gasteiger partial charge in [-0.3, -0.25) is 4.79 Å². The van der Waals surface area contributed by atoms with E-state index in [4.69, 9.17) is 19.4 Å². The van der Waals surface area contributed by atoms with Gasteiger partial charge in [-0.25, -0.2) is 15.0 Å². The maximum Gasteiger partial charge on any atom is 0.222 e. The van der Waals surface area contributed by atoms with Gasteiger partial charge in [0.15, 0.2) is 5.82 Å². The van der Waals surface area contributed by atoms with Gasteiger partial charge in [-0.2, -0.15) is 0 Å². The third-order valence-electron chi connectivity index (χ3n) is 5.56. The molecule has 4 heterocycles. The number of amides is 1. The Balaban J connectivity index is 1.70. The van der Waals surface area contributed by atoms with Crippen molar-refractivity contribution in [2.45, 2.75) is 18.9 Å². The van der Waals surface area contributed by atoms with Crippen LogP contribution in [0.15, 0.2) is 30.6 Å². The molecule has 0 spiro atoms. The Hall–Kier alpha value is -3.50. The smallest absolute Gasteiger partial charge is 0.222 e. The van der Waals surface area contributed by atoms with Crippen molar-refractivity contribution in [2.24, 2.45) is 7.05 Å². The molecular formula is C23H29N7O3. The standard InChI is InChI=1S/C23H29N7O3/c1-24-23-20-21(30(2)13-25-20)14-12-18(28-22(14)29-23)16-7-5-6-15(26-16)17(8-10-32-3)27-19(31)9-11-33-4/h5-7,12-13,17H,8-11H2,1-4H3,(H,27,31)(H2,24,28,29)/t17-/m0/s1. The fraction of sp³-hybridized carbons (Fsp3) is 0.391. The number of rotatable bonds is 10. The van der Waals surface area contributed by atoms with E-state index in [-0.39, 0.29) is 11.9 Å². The number of hydrogen-bond donors (Lipinski definition) is 3. The summed E-state index contributed by atoms with van der Waals surface area (Å²) in [5.74, 6) is 0.629. The van der Waals surface area contributed by atoms with Crippen molar-refractivity contribution >= 4 is 33.8 Å². The molecule has 4 aromatic rings. The van der Waals surface area contributed by atoms with Gasteiger partial charge in [0, 0.05) is 46.7 Å². The number of fused-ring (bicyclic) bond motifs is 3. The highest BCUT2D eigenvalue weighted by Gasteiger charge is 2.19. The number of carbonyl (C=O) groups excluding carboxylic acids is 1. The fourth-order valence-corrected chi connectivity index (χ4v) is 3.90. The lowest BCUT2D eigenvalue weighted by Gasteiger charge is -2.18. The van der Waals surface area contributed by atoms with Crippen molar-refractivity contribution < 1.29 is 14.3 Å². The first-order valence-electron chi connectivity index (χ1n) is 10.8. The molecule has 4 rings (SSSR count). The maximum atomic E-state index is 12.3. The lowest BCUT2D eigenvalue weighted by Crippen LogP contribution is -2.30. The van der Waals surface area contributed by atoms with Gasteiger partial charge >= 0.3 is 0 Å². The maximum absolute atomic E-state index is 12.3. The Labute approximate surface area is 191 Å². The molecule has 0 saturated heterocycles. The van der Waals surface area contributed by atoms with E-state index in [9.17, 15) is 4.79 Å². The predicted molar refractivity (Wildman–Crippen MR) is 127 cm³/mol. The summed E-state index contributed by atoms with van der Waals surface area (Å²) in [7, 11) is 7.02. The molecule has 0 aliphatic heterocycles. The number of H-pyrrole nitrogens is 1. The van der Waals surface area contributed by atoms with Gasteiger partial charge in [-0.15, -0.1) is 0 Å². The van der Waals surface area contributed by atoms with Gasteiger partial charge < -0.3 is 29.7 Å². The highest BCUT2D eigenvalue weighted by atomic mass is 16.5. The number of imidazole rings is 1. The highest BCUT2D eigenvalue weighted by Crippen LogP contribution is 2.31. The van der Waals surface area contributed by atoms with Gasteiger partial charge in [0.2, 0.25) is 5.91 Å². The SMILES string of the molecule is CNc1nc2[nH]c(-c3cccc([C@H](CCOC)NC(=O)CCOC)n3)cc2c2c1ncn2C. The van der Waals surface area contributed by atoms with Crippen LogP contribution in [0.3, 0.4) is 0 Å². The van der Waals surface area contributed by atoms with Gasteiger partial charge in [0.1, 0.15) is 11.2 Å². The molecule has 4 aromatic heterocycles. The van der Waals surface area contributed by atoms with Gasteiger partial charge in [0.05, 0.1) is 41.6 Å². The topological polar surface area (TPSA) is 119 Å². The summed E-state index contributed by atoms with van der Waals surface area (Å²) in [5, 5.41) is 7.13. The molecule has 0 aliphatic carbocycles. The van der Waals surface area contributed by atoms with Crippen molar-refractivity contribution in [1.29, 1.82) is 0 Å². The van der Waals surface area contributed by atoms with Crippen LogP contribution in [-0.4, -0.2) is 64.9 Å². The number of nitrogens with zero attached hydrogens (tertiary/aromatic N) is 4. The number of aromatic nitrogens is 5. The van der Waals surface area contributed by atoms with E-state index in [1.807, 2.05) is 42.9 Å². The molecule has 0 saturated carbocycles. The number of aryl methyl sites for hydroxylation is 1. The molecule has 0 radical (unpaired) electrons. The number of hydrogen-bond acceptors (Lipinski definition) is 7. The minimum Gasteiger partial charge on any atom is -0.385 e. The molecule has 10 nitrogen and oxygen atoms in total. The molecule has 1 amide bonds. The molecule has 0 unspecified atom stereocenters. The molecule has 33 heavy (non-hydrogen) atoms. The van der Waals surface area contributed by atoms with E-state index in [2.05, 4.69) is 20.6 Å². The second-order valence-corrected chi connectivity index (χ2v) is 7.80. The van der Waals surface area contributed by atoms with Crippen LogP contribution in [-0.2, 0) is 21.3 Å². The monoisotopic (exact) mass is 451 g/mol. The number of nitrogens with one attached hydrogen (secondary N) is 3. The van der Waals surface area contributed by atoms with E-state index in [0.717, 1.165) is 39.1 Å². The van der Waals surface area contributed by atoms with E-state index >= 15 is 0 Å². The molecule has 0 bridgehead atoms. The first-order valence-corrected chi connectivity index (χ1v) is 10.8. The summed E-state index contributed by atoms with van der Waals surface area (Å²) in [4.78, 5) is 29.7. The van der Waals surface area contributed by atoms with Crippen molar-refractivity contribution in [2.75, 3.05) is 39.8 Å². The summed E-state index contributed by atoms with van der Waals surface area (Å²) in [6.07, 6.45) is 2.69. The Kier molecular flexibility index (Phi) is 6.85. The van der Waals surface area contributed by atoms with E-state index in [1.165, 1.54) is 0 Å². The number of carbonyl (C=O) groups is 1. The normalized spacial score (nSPS) is 12.4. The zero-order valence-electron chi connectivity index (χ0n) is 19.3. The second kappa shape index (κ2) is 9.97. The van der Waals surface area contributed by atoms with E-state index in [0.29, 0.717) is 31.9 Å². The van der Waals surface area contributed by atoms with Crippen LogP contribution in [0.25, 0.3) is 33.5 Å². The Morgan fingerprint density at radius 3 is 2.79 bits per heavy atom. The summed E-state index contributed by atoms with van der Waals surface area (Å²) in [6.45, 7) is 0.873. The Morgan fingerprint density at radius 1 is 1.21 bits per heavy atom. The zero-order valence-corrected chi connectivity index (χ0v) is 19.3. The van der Waals surface area contributed by atoms with Gasteiger partial charge in [0.25, 0.3) is 0 Å². The van der Waals surface area contributed by atoms with E-state index < -0.39 is 0 Å². The zero-order chi connectivity index (χ0) is 23.4. The summed E-state index contributed by atoms with van der Waals surface area (Å²) in [6, 6.07) is 7.57. The third-order valence-corrected chi connectivity index (χ3v) is 5.56. The quantitative estimate of drug-likeness (QED) is 0.339. The molecular weight excluding hydrogens is 422 g/mol. The summed E-state index contributed by atoms with van der Waals surface area (Å²) < 4.78 is 12.2. The number of ether oxygens (including phenoxy) is 2. The van der Waals surface area contributed by atoms with Crippen molar-refractivity contribution in [3.05, 3.63) is 36.3 Å². The first-order chi connectivity index (χ1) is 16.0. The average Bonchev–Trinajstić information content (AvgIpc) is 3.43. The fourth-order valence-electron chi connectivity index (χ4n) is 3.90. The molecule has 0 fully saturated rings. The van der Waals surface area contributed by atoms with Crippen LogP contribution in [0.1, 0.15) is 24.6 Å². The predicted octanol–water partition coefficient (Wildman–Crippen LogP) is 2.78. The molecule has 3 N–H and O–H groups in total. The van der Waals surface area contributed by atoms with Crippen LogP contribution in [0, 0.1) is 0 Å². The summed E-state index contributed by atoms with van der Waals surface area (Å²) in [5.41, 5.74) is 4.93. The lowest BCUT2D eigenvalue weighted by molar-refractivity contribution is -0.122. The number of pyridine rings is 2.